The number of hydrogen-bond acceptors (Lipinski definition) is 2. The zero-order chi connectivity index (χ0) is 16.8. The molecule has 2 aromatic rings. The van der Waals surface area contributed by atoms with E-state index in [4.69, 9.17) is 9.97 Å². The van der Waals surface area contributed by atoms with Crippen molar-refractivity contribution in [3.63, 3.8) is 0 Å². The van der Waals surface area contributed by atoms with Crippen LogP contribution in [0.2, 0.25) is 0 Å². The first-order valence-electron chi connectivity index (χ1n) is 9.39. The van der Waals surface area contributed by atoms with Crippen molar-refractivity contribution in [3.8, 4) is 0 Å². The summed E-state index contributed by atoms with van der Waals surface area (Å²) in [5.74, 6) is 0. The third-order valence-electron chi connectivity index (χ3n) is 5.93. The molecule has 0 amide bonds. The lowest BCUT2D eigenvalue weighted by Crippen LogP contribution is -2.34. The predicted octanol–water partition coefficient (Wildman–Crippen LogP) is 4.99. The second kappa shape index (κ2) is 6.62. The number of nitrogens with zero attached hydrogens (tertiary/aromatic N) is 2. The highest BCUT2D eigenvalue weighted by molar-refractivity contribution is 7.73. The molecule has 2 aliphatic heterocycles. The Balaban J connectivity index is 1.91. The average molecular weight is 358 g/mol. The molecule has 1 aromatic carbocycles. The van der Waals surface area contributed by atoms with E-state index < -0.39 is 0 Å². The molecule has 0 saturated carbocycles. The summed E-state index contributed by atoms with van der Waals surface area (Å²) in [6, 6.07) is 8.49. The summed E-state index contributed by atoms with van der Waals surface area (Å²) in [5.41, 5.74) is 8.24. The Bertz CT molecular complexity index is 665. The van der Waals surface area contributed by atoms with Crippen LogP contribution in [0, 0.1) is 0 Å². The van der Waals surface area contributed by atoms with E-state index in [2.05, 4.69) is 52.0 Å². The summed E-state index contributed by atoms with van der Waals surface area (Å²) in [6.45, 7) is 9.80. The molecule has 2 fully saturated rings. The predicted molar refractivity (Wildman–Crippen MR) is 109 cm³/mol. The minimum Gasteiger partial charge on any atom is -0.244 e. The van der Waals surface area contributed by atoms with Crippen molar-refractivity contribution >= 4 is 37.7 Å². The summed E-state index contributed by atoms with van der Waals surface area (Å²) in [6.07, 6.45) is 5.46. The van der Waals surface area contributed by atoms with Gasteiger partial charge >= 0.3 is 0 Å². The van der Waals surface area contributed by atoms with E-state index in [0.717, 1.165) is 33.7 Å². The second-order valence-corrected chi connectivity index (χ2v) is 13.7. The molecule has 2 aliphatic rings. The van der Waals surface area contributed by atoms with Gasteiger partial charge in [-0.05, 0) is 76.3 Å². The third-order valence-corrected chi connectivity index (χ3v) is 12.5. The summed E-state index contributed by atoms with van der Waals surface area (Å²) < 4.78 is 0. The number of para-hydroxylation sites is 2. The molecule has 0 N–H and O–H groups in total. The van der Waals surface area contributed by atoms with Crippen LogP contribution in [-0.2, 0) is 0 Å². The normalized spacial score (nSPS) is 36.5. The van der Waals surface area contributed by atoms with E-state index in [1.807, 2.05) is 0 Å². The van der Waals surface area contributed by atoms with Crippen molar-refractivity contribution in [2.24, 2.45) is 0 Å². The minimum atomic E-state index is -0.168. The SMILES string of the molecule is CC1CCC(C)P1c1nc2ccccc2nc1P1C(C)CCC1C. The summed E-state index contributed by atoms with van der Waals surface area (Å²) in [7, 11) is -0.337. The van der Waals surface area contributed by atoms with Crippen molar-refractivity contribution in [2.45, 2.75) is 76.0 Å². The number of aromatic nitrogens is 2. The molecule has 0 aliphatic carbocycles. The van der Waals surface area contributed by atoms with E-state index in [-0.39, 0.29) is 15.8 Å². The lowest BCUT2D eigenvalue weighted by atomic mass is 10.2. The maximum absolute atomic E-state index is 5.25. The molecule has 3 heterocycles. The lowest BCUT2D eigenvalue weighted by Gasteiger charge is -2.28. The van der Waals surface area contributed by atoms with Crippen molar-refractivity contribution in [1.82, 2.24) is 9.97 Å². The molecule has 24 heavy (non-hydrogen) atoms. The molecule has 4 rings (SSSR count). The Morgan fingerprint density at radius 3 is 1.33 bits per heavy atom. The van der Waals surface area contributed by atoms with Crippen molar-refractivity contribution in [1.29, 1.82) is 0 Å². The van der Waals surface area contributed by atoms with Gasteiger partial charge in [-0.25, -0.2) is 9.97 Å². The molecule has 1 aromatic heterocycles. The minimum absolute atomic E-state index is 0.168. The van der Waals surface area contributed by atoms with Gasteiger partial charge in [-0.3, -0.25) is 0 Å². The lowest BCUT2D eigenvalue weighted by molar-refractivity contribution is 0.777. The van der Waals surface area contributed by atoms with E-state index in [0.29, 0.717) is 0 Å². The first-order valence-corrected chi connectivity index (χ1v) is 12.4. The van der Waals surface area contributed by atoms with Crippen LogP contribution in [0.15, 0.2) is 24.3 Å². The zero-order valence-corrected chi connectivity index (χ0v) is 17.0. The molecule has 2 nitrogen and oxygen atoms in total. The maximum Gasteiger partial charge on any atom is 0.0902 e. The summed E-state index contributed by atoms with van der Waals surface area (Å²) >= 11 is 0. The first-order chi connectivity index (χ1) is 11.6. The van der Waals surface area contributed by atoms with Gasteiger partial charge in [0.2, 0.25) is 0 Å². The Morgan fingerprint density at radius 2 is 1.00 bits per heavy atom. The van der Waals surface area contributed by atoms with Crippen molar-refractivity contribution in [3.05, 3.63) is 24.3 Å². The zero-order valence-electron chi connectivity index (χ0n) is 15.2. The van der Waals surface area contributed by atoms with Crippen LogP contribution in [-0.4, -0.2) is 32.6 Å². The van der Waals surface area contributed by atoms with E-state index in [9.17, 15) is 0 Å². The second-order valence-electron chi connectivity index (χ2n) is 7.72. The topological polar surface area (TPSA) is 25.8 Å². The van der Waals surface area contributed by atoms with Gasteiger partial charge in [0.15, 0.2) is 0 Å². The van der Waals surface area contributed by atoms with Gasteiger partial charge in [-0.15, -0.1) is 0 Å². The first kappa shape index (κ1) is 16.9. The fraction of sp³-hybridized carbons (Fsp3) is 0.600. The summed E-state index contributed by atoms with van der Waals surface area (Å²) in [5, 5.41) is 0. The van der Waals surface area contributed by atoms with E-state index >= 15 is 0 Å². The third kappa shape index (κ3) is 2.81. The highest BCUT2D eigenvalue weighted by Crippen LogP contribution is 2.58. The van der Waals surface area contributed by atoms with Gasteiger partial charge in [0.25, 0.3) is 0 Å². The molecule has 128 valence electrons. The van der Waals surface area contributed by atoms with E-state index in [1.165, 1.54) is 36.6 Å². The Hall–Kier alpha value is -0.580. The van der Waals surface area contributed by atoms with Crippen LogP contribution in [0.4, 0.5) is 0 Å². The van der Waals surface area contributed by atoms with Gasteiger partial charge in [-0.1, -0.05) is 39.8 Å². The van der Waals surface area contributed by atoms with Gasteiger partial charge in [0, 0.05) is 0 Å². The van der Waals surface area contributed by atoms with Crippen molar-refractivity contribution < 1.29 is 0 Å². The van der Waals surface area contributed by atoms with Crippen LogP contribution in [0.3, 0.4) is 0 Å². The van der Waals surface area contributed by atoms with Crippen LogP contribution in [0.25, 0.3) is 11.0 Å². The molecule has 4 heteroatoms. The molecular formula is C20H28N2P2. The Morgan fingerprint density at radius 1 is 0.667 bits per heavy atom. The van der Waals surface area contributed by atoms with Crippen LogP contribution < -0.4 is 10.9 Å². The van der Waals surface area contributed by atoms with Gasteiger partial charge in [-0.2, -0.15) is 0 Å². The molecule has 0 spiro atoms. The van der Waals surface area contributed by atoms with Crippen LogP contribution in [0.1, 0.15) is 53.4 Å². The van der Waals surface area contributed by atoms with Crippen molar-refractivity contribution in [2.75, 3.05) is 0 Å². The molecule has 0 radical (unpaired) electrons. The standard InChI is InChI=1S/C20H28N2P2/c1-13-9-10-14(2)23(13)19-20(24-15(3)11-12-16(24)4)22-18-8-6-5-7-17(18)21-19/h5-8,13-16H,9-12H2,1-4H3. The average Bonchev–Trinajstić information content (AvgIpc) is 3.08. The molecular weight excluding hydrogens is 330 g/mol. The summed E-state index contributed by atoms with van der Waals surface area (Å²) in [4.78, 5) is 10.5. The number of rotatable bonds is 2. The van der Waals surface area contributed by atoms with Gasteiger partial charge in [0.05, 0.1) is 21.9 Å². The fourth-order valence-electron chi connectivity index (χ4n) is 4.55. The highest BCUT2D eigenvalue weighted by Gasteiger charge is 2.39. The Labute approximate surface area is 148 Å². The highest BCUT2D eigenvalue weighted by atomic mass is 31.1. The fourth-order valence-corrected chi connectivity index (χ4v) is 11.4. The molecule has 2 saturated heterocycles. The Kier molecular flexibility index (Phi) is 4.65. The largest absolute Gasteiger partial charge is 0.244 e. The molecule has 4 unspecified atom stereocenters. The van der Waals surface area contributed by atoms with Crippen LogP contribution in [0.5, 0.6) is 0 Å². The maximum atomic E-state index is 5.25. The van der Waals surface area contributed by atoms with Gasteiger partial charge < -0.3 is 0 Å². The molecule has 4 atom stereocenters. The van der Waals surface area contributed by atoms with E-state index in [1.54, 1.807) is 0 Å². The van der Waals surface area contributed by atoms with Gasteiger partial charge in [0.1, 0.15) is 0 Å². The monoisotopic (exact) mass is 358 g/mol. The number of hydrogen-bond donors (Lipinski definition) is 0. The number of benzene rings is 1. The smallest absolute Gasteiger partial charge is 0.0902 e. The quantitative estimate of drug-likeness (QED) is 0.707. The number of fused-ring (bicyclic) bond motifs is 1. The molecule has 0 bridgehead atoms. The van der Waals surface area contributed by atoms with Crippen LogP contribution >= 0.6 is 15.8 Å².